The minimum atomic E-state index is -0.535. The summed E-state index contributed by atoms with van der Waals surface area (Å²) in [5, 5.41) is 10.9. The summed E-state index contributed by atoms with van der Waals surface area (Å²) in [7, 11) is 2.05. The van der Waals surface area contributed by atoms with Gasteiger partial charge in [0.1, 0.15) is 35.5 Å². The maximum Gasteiger partial charge on any atom is 0.246 e. The molecule has 2 aromatic heterocycles. The number of piperazine rings is 1. The van der Waals surface area contributed by atoms with E-state index in [1.165, 1.54) is 17.2 Å². The maximum absolute atomic E-state index is 16.7. The van der Waals surface area contributed by atoms with Crippen LogP contribution in [-0.4, -0.2) is 84.1 Å². The van der Waals surface area contributed by atoms with Gasteiger partial charge in [-0.05, 0) is 68.3 Å². The summed E-state index contributed by atoms with van der Waals surface area (Å²) < 4.78 is 23.0. The van der Waals surface area contributed by atoms with Crippen LogP contribution < -0.4 is 9.64 Å². The molecule has 1 amide bonds. The van der Waals surface area contributed by atoms with Crippen molar-refractivity contribution in [2.75, 3.05) is 51.3 Å². The summed E-state index contributed by atoms with van der Waals surface area (Å²) in [4.78, 5) is 31.3. The number of amides is 1. The Hall–Kier alpha value is -4.54. The molecule has 0 spiro atoms. The van der Waals surface area contributed by atoms with Crippen LogP contribution >= 0.6 is 0 Å². The van der Waals surface area contributed by atoms with Gasteiger partial charge >= 0.3 is 0 Å². The van der Waals surface area contributed by atoms with E-state index in [9.17, 15) is 10.1 Å². The number of nitriles is 1. The molecule has 7 rings (SSSR count). The van der Waals surface area contributed by atoms with Crippen molar-refractivity contribution in [3.8, 4) is 23.2 Å². The molecule has 2 aliphatic heterocycles. The molecule has 224 valence electrons. The zero-order chi connectivity index (χ0) is 30.5. The van der Waals surface area contributed by atoms with Crippen LogP contribution in [0.3, 0.4) is 0 Å². The van der Waals surface area contributed by atoms with Crippen molar-refractivity contribution in [1.82, 2.24) is 19.8 Å². The van der Waals surface area contributed by atoms with Crippen molar-refractivity contribution in [1.29, 1.82) is 5.26 Å². The van der Waals surface area contributed by atoms with Crippen molar-refractivity contribution >= 4 is 22.5 Å². The van der Waals surface area contributed by atoms with Gasteiger partial charge in [0.2, 0.25) is 18.3 Å². The number of fused-ring (bicyclic) bond motifs is 4. The van der Waals surface area contributed by atoms with Gasteiger partial charge in [0, 0.05) is 42.8 Å². The lowest BCUT2D eigenvalue weighted by Gasteiger charge is -2.40. The van der Waals surface area contributed by atoms with Gasteiger partial charge < -0.3 is 24.3 Å². The van der Waals surface area contributed by atoms with Crippen molar-refractivity contribution < 1.29 is 13.9 Å². The zero-order valence-corrected chi connectivity index (χ0v) is 24.8. The molecule has 44 heavy (non-hydrogen) atoms. The fraction of sp³-hybridized carbons (Fsp3) is 0.441. The third-order valence-corrected chi connectivity index (χ3v) is 9.89. The number of halogens is 1. The summed E-state index contributed by atoms with van der Waals surface area (Å²) in [6.07, 6.45) is 7.07. The van der Waals surface area contributed by atoms with Crippen molar-refractivity contribution in [3.05, 3.63) is 71.0 Å². The number of likely N-dealkylation sites (N-methyl/N-ethyl adjacent to an activating group) is 1. The van der Waals surface area contributed by atoms with Crippen LogP contribution in [0.4, 0.5) is 10.1 Å². The predicted molar refractivity (Wildman–Crippen MR) is 165 cm³/mol. The normalized spacial score (nSPS) is 24.0. The first-order chi connectivity index (χ1) is 21.4. The Morgan fingerprint density at radius 1 is 1.32 bits per heavy atom. The molecule has 4 atom stereocenters. The van der Waals surface area contributed by atoms with Crippen LogP contribution in [0.1, 0.15) is 41.9 Å². The summed E-state index contributed by atoms with van der Waals surface area (Å²) in [5.74, 6) is 0.416. The number of benzene rings is 1. The molecule has 2 saturated heterocycles. The van der Waals surface area contributed by atoms with E-state index in [0.717, 1.165) is 37.8 Å². The number of aromatic nitrogens is 2. The van der Waals surface area contributed by atoms with Gasteiger partial charge in [0.25, 0.3) is 0 Å². The number of likely N-dealkylation sites (tertiary alicyclic amines) is 1. The summed E-state index contributed by atoms with van der Waals surface area (Å²) in [5.41, 5.74) is 4.32. The lowest BCUT2D eigenvalue weighted by Crippen LogP contribution is -2.56. The van der Waals surface area contributed by atoms with Crippen LogP contribution in [0, 0.1) is 29.6 Å². The zero-order valence-electron chi connectivity index (χ0n) is 24.8. The van der Waals surface area contributed by atoms with E-state index < -0.39 is 11.9 Å². The van der Waals surface area contributed by atoms with E-state index in [-0.39, 0.29) is 41.1 Å². The molecule has 2 aliphatic carbocycles. The number of rotatable bonds is 7. The summed E-state index contributed by atoms with van der Waals surface area (Å²) in [6, 6.07) is 8.09. The van der Waals surface area contributed by atoms with E-state index in [4.69, 9.17) is 11.3 Å². The van der Waals surface area contributed by atoms with Crippen LogP contribution in [0.25, 0.3) is 27.0 Å². The number of nitrogens with zero attached hydrogens (tertiary/aromatic N) is 7. The van der Waals surface area contributed by atoms with E-state index in [0.29, 0.717) is 49.2 Å². The molecule has 4 aliphatic rings. The lowest BCUT2D eigenvalue weighted by molar-refractivity contribution is -0.128. The second-order valence-electron chi connectivity index (χ2n) is 12.4. The Labute approximate surface area is 256 Å². The highest BCUT2D eigenvalue weighted by Gasteiger charge is 2.46. The molecule has 4 heterocycles. The molecule has 10 heteroatoms. The molecule has 3 fully saturated rings. The van der Waals surface area contributed by atoms with Crippen molar-refractivity contribution in [2.24, 2.45) is 5.92 Å². The number of hydrogen-bond acceptors (Lipinski definition) is 7. The average Bonchev–Trinajstić information content (AvgIpc) is 3.51. The highest BCUT2D eigenvalue weighted by Crippen LogP contribution is 2.58. The van der Waals surface area contributed by atoms with Gasteiger partial charge in [-0.25, -0.2) is 15.9 Å². The number of anilines is 1. The molecular weight excluding hydrogens is 557 g/mol. The van der Waals surface area contributed by atoms with Crippen LogP contribution in [0.5, 0.6) is 5.88 Å². The minimum Gasteiger partial charge on any atom is -0.475 e. The SMILES string of the molecule is [C-]#[N+]C[C@H]1CN(c2c(C#N)c(OC[C@@H]3CCCN3C)nc3c(F)c(-c4cccc5c4C4CC4C5)ncc23)CCN1C(=O)C=C. The molecule has 0 bridgehead atoms. The molecule has 3 aromatic rings. The average molecular weight is 592 g/mol. The van der Waals surface area contributed by atoms with Crippen LogP contribution in [0.2, 0.25) is 0 Å². The van der Waals surface area contributed by atoms with Gasteiger partial charge in [-0.1, -0.05) is 24.8 Å². The predicted octanol–water partition coefficient (Wildman–Crippen LogP) is 4.56. The Kier molecular flexibility index (Phi) is 7.18. The van der Waals surface area contributed by atoms with Crippen LogP contribution in [-0.2, 0) is 11.2 Å². The first kappa shape index (κ1) is 28.2. The molecule has 1 aromatic carbocycles. The summed E-state index contributed by atoms with van der Waals surface area (Å²) >= 11 is 0. The van der Waals surface area contributed by atoms with Gasteiger partial charge in [0.05, 0.1) is 5.69 Å². The lowest BCUT2D eigenvalue weighted by atomic mass is 9.96. The second-order valence-corrected chi connectivity index (χ2v) is 12.4. The number of carbonyl (C=O) groups excluding carboxylic acids is 1. The molecule has 9 nitrogen and oxygen atoms in total. The third-order valence-electron chi connectivity index (χ3n) is 9.89. The highest BCUT2D eigenvalue weighted by molar-refractivity contribution is 5.98. The maximum atomic E-state index is 16.7. The largest absolute Gasteiger partial charge is 0.475 e. The van der Waals surface area contributed by atoms with Crippen LogP contribution in [0.15, 0.2) is 37.1 Å². The Morgan fingerprint density at radius 3 is 2.93 bits per heavy atom. The van der Waals surface area contributed by atoms with E-state index in [2.05, 4.69) is 38.4 Å². The second kappa shape index (κ2) is 11.2. The third kappa shape index (κ3) is 4.65. The fourth-order valence-corrected chi connectivity index (χ4v) is 7.51. The Morgan fingerprint density at radius 2 is 2.18 bits per heavy atom. The number of carbonyl (C=O) groups is 1. The summed E-state index contributed by atoms with van der Waals surface area (Å²) in [6.45, 7) is 13.5. The topological polar surface area (TPSA) is 90.0 Å². The van der Waals surface area contributed by atoms with Crippen molar-refractivity contribution in [3.63, 3.8) is 0 Å². The molecule has 0 radical (unpaired) electrons. The minimum absolute atomic E-state index is 0.0936. The van der Waals surface area contributed by atoms with Gasteiger partial charge in [-0.15, -0.1) is 0 Å². The molecule has 0 N–H and O–H groups in total. The first-order valence-electron chi connectivity index (χ1n) is 15.3. The Balaban J connectivity index is 1.36. The Bertz CT molecular complexity index is 1760. The number of ether oxygens (including phenoxy) is 1. The number of pyridine rings is 2. The van der Waals surface area contributed by atoms with E-state index >= 15 is 4.39 Å². The monoisotopic (exact) mass is 591 g/mol. The van der Waals surface area contributed by atoms with E-state index in [1.54, 1.807) is 11.1 Å². The van der Waals surface area contributed by atoms with Gasteiger partial charge in [-0.3, -0.25) is 9.78 Å². The molecule has 2 unspecified atom stereocenters. The first-order valence-corrected chi connectivity index (χ1v) is 15.3. The quantitative estimate of drug-likeness (QED) is 0.294. The molecular formula is C34H34FN7O2. The number of hydrogen-bond donors (Lipinski definition) is 0. The standard InChI is InChI=1S/C34H34FN7O2/c1-4-28(43)42-12-11-41(18-23(42)16-37-2)33-26(15-36)34(44-19-22-8-6-10-40(22)3)39-32-27(33)17-38-31(30(32)35)24-9-5-7-20-13-21-14-25(21)29(20)24/h4-5,7,9,17,21-23,25H,1,6,8,10-14,16,18-19H2,3H3/t21?,22-,23-,25?/m0/s1. The van der Waals surface area contributed by atoms with Gasteiger partial charge in [-0.2, -0.15) is 5.26 Å². The van der Waals surface area contributed by atoms with Crippen molar-refractivity contribution in [2.45, 2.75) is 43.7 Å². The van der Waals surface area contributed by atoms with E-state index in [1.807, 2.05) is 24.1 Å². The smallest absolute Gasteiger partial charge is 0.246 e. The fourth-order valence-electron chi connectivity index (χ4n) is 7.51. The van der Waals surface area contributed by atoms with Gasteiger partial charge in [0.15, 0.2) is 5.82 Å². The molecule has 1 saturated carbocycles. The highest BCUT2D eigenvalue weighted by atomic mass is 19.1.